The summed E-state index contributed by atoms with van der Waals surface area (Å²) in [7, 11) is 3.21. The molecule has 0 aliphatic rings. The molecule has 3 aromatic carbocycles. The summed E-state index contributed by atoms with van der Waals surface area (Å²) in [5.41, 5.74) is 3.83. The molecule has 0 spiro atoms. The molecule has 4 rings (SSSR count). The molecule has 0 atom stereocenters. The Bertz CT molecular complexity index is 1380. The van der Waals surface area contributed by atoms with E-state index < -0.39 is 0 Å². The number of hydrogen-bond acceptors (Lipinski definition) is 4. The molecule has 0 saturated heterocycles. The number of aromatic amines is 1. The minimum absolute atomic E-state index is 0.0202. The molecule has 0 saturated carbocycles. The zero-order valence-electron chi connectivity index (χ0n) is 22.8. The molecule has 39 heavy (non-hydrogen) atoms. The third-order valence-corrected chi connectivity index (χ3v) is 6.64. The van der Waals surface area contributed by atoms with Crippen molar-refractivity contribution in [3.8, 4) is 11.5 Å². The van der Waals surface area contributed by atoms with Crippen molar-refractivity contribution in [1.82, 2.24) is 14.8 Å². The number of nitrogens with one attached hydrogen (secondary N) is 2. The standard InChI is InChI=1S/C31H36N4O4/c1-4-17-35(31(37)33-25-8-7-9-27(19-25)39-3)22-30(36)34(21-23-12-14-26(38-2)15-13-23)18-16-24-20-32-29-11-6-5-10-28(24)29/h5-15,19-20,32H,4,16-18,21-22H2,1-3H3,(H,33,37). The van der Waals surface area contributed by atoms with E-state index in [1.165, 1.54) is 0 Å². The van der Waals surface area contributed by atoms with Crippen LogP contribution >= 0.6 is 0 Å². The van der Waals surface area contributed by atoms with Crippen LogP contribution in [-0.4, -0.2) is 60.6 Å². The summed E-state index contributed by atoms with van der Waals surface area (Å²) < 4.78 is 10.5. The molecule has 0 radical (unpaired) electrons. The van der Waals surface area contributed by atoms with Crippen LogP contribution in [0.5, 0.6) is 11.5 Å². The first-order chi connectivity index (χ1) is 19.0. The Balaban J connectivity index is 1.50. The number of fused-ring (bicyclic) bond motifs is 1. The number of carbonyl (C=O) groups excluding carboxylic acids is 2. The quantitative estimate of drug-likeness (QED) is 0.247. The van der Waals surface area contributed by atoms with Gasteiger partial charge in [-0.15, -0.1) is 0 Å². The number of anilines is 1. The van der Waals surface area contributed by atoms with Crippen molar-refractivity contribution in [3.63, 3.8) is 0 Å². The molecule has 0 fully saturated rings. The van der Waals surface area contributed by atoms with Gasteiger partial charge in [0.2, 0.25) is 5.91 Å². The predicted molar refractivity (Wildman–Crippen MR) is 154 cm³/mol. The van der Waals surface area contributed by atoms with Crippen LogP contribution in [0.4, 0.5) is 10.5 Å². The number of nitrogens with zero attached hydrogens (tertiary/aromatic N) is 2. The fourth-order valence-electron chi connectivity index (χ4n) is 4.53. The molecule has 0 aliphatic heterocycles. The van der Waals surface area contributed by atoms with E-state index in [0.29, 0.717) is 37.5 Å². The fourth-order valence-corrected chi connectivity index (χ4v) is 4.53. The van der Waals surface area contributed by atoms with Crippen LogP contribution in [0.2, 0.25) is 0 Å². The summed E-state index contributed by atoms with van der Waals surface area (Å²) >= 11 is 0. The fraction of sp³-hybridized carbons (Fsp3) is 0.290. The largest absolute Gasteiger partial charge is 0.497 e. The number of carbonyl (C=O) groups is 2. The van der Waals surface area contributed by atoms with Gasteiger partial charge in [0.25, 0.3) is 0 Å². The minimum Gasteiger partial charge on any atom is -0.497 e. The Kier molecular flexibility index (Phi) is 9.45. The smallest absolute Gasteiger partial charge is 0.322 e. The number of urea groups is 1. The van der Waals surface area contributed by atoms with Gasteiger partial charge in [-0.3, -0.25) is 4.79 Å². The predicted octanol–water partition coefficient (Wildman–Crippen LogP) is 5.70. The van der Waals surface area contributed by atoms with Crippen molar-refractivity contribution in [2.45, 2.75) is 26.3 Å². The third kappa shape index (κ3) is 7.31. The average molecular weight is 529 g/mol. The Labute approximate surface area is 229 Å². The molecule has 204 valence electrons. The highest BCUT2D eigenvalue weighted by atomic mass is 16.5. The second-order valence-electron chi connectivity index (χ2n) is 9.36. The Morgan fingerprint density at radius 1 is 0.872 bits per heavy atom. The number of rotatable bonds is 12. The summed E-state index contributed by atoms with van der Waals surface area (Å²) in [4.78, 5) is 33.6. The van der Waals surface area contributed by atoms with Crippen LogP contribution in [-0.2, 0) is 17.8 Å². The first kappa shape index (κ1) is 27.6. The van der Waals surface area contributed by atoms with Crippen LogP contribution in [0.3, 0.4) is 0 Å². The van der Waals surface area contributed by atoms with Crippen LogP contribution in [0.25, 0.3) is 10.9 Å². The molecule has 2 N–H and O–H groups in total. The maximum Gasteiger partial charge on any atom is 0.322 e. The number of hydrogen-bond donors (Lipinski definition) is 2. The zero-order valence-corrected chi connectivity index (χ0v) is 22.8. The molecule has 1 heterocycles. The molecule has 1 aromatic heterocycles. The maximum atomic E-state index is 13.7. The monoisotopic (exact) mass is 528 g/mol. The van der Waals surface area contributed by atoms with Crippen molar-refractivity contribution in [1.29, 1.82) is 0 Å². The van der Waals surface area contributed by atoms with Gasteiger partial charge in [-0.05, 0) is 54.3 Å². The Morgan fingerprint density at radius 3 is 2.38 bits per heavy atom. The highest BCUT2D eigenvalue weighted by Crippen LogP contribution is 2.20. The van der Waals surface area contributed by atoms with E-state index in [1.807, 2.05) is 72.6 Å². The highest BCUT2D eigenvalue weighted by molar-refractivity contribution is 5.92. The van der Waals surface area contributed by atoms with Gasteiger partial charge in [-0.1, -0.05) is 43.3 Å². The second-order valence-corrected chi connectivity index (χ2v) is 9.36. The van der Waals surface area contributed by atoms with Crippen molar-refractivity contribution in [2.24, 2.45) is 0 Å². The van der Waals surface area contributed by atoms with Crippen LogP contribution < -0.4 is 14.8 Å². The van der Waals surface area contributed by atoms with E-state index >= 15 is 0 Å². The number of methoxy groups -OCH3 is 2. The van der Waals surface area contributed by atoms with Crippen LogP contribution in [0, 0.1) is 0 Å². The molecule has 8 nitrogen and oxygen atoms in total. The van der Waals surface area contributed by atoms with Gasteiger partial charge in [0.15, 0.2) is 0 Å². The molecule has 4 aromatic rings. The maximum absolute atomic E-state index is 13.7. The summed E-state index contributed by atoms with van der Waals surface area (Å²) in [5.74, 6) is 1.30. The third-order valence-electron chi connectivity index (χ3n) is 6.64. The van der Waals surface area contributed by atoms with E-state index in [0.717, 1.165) is 34.2 Å². The number of para-hydroxylation sites is 1. The van der Waals surface area contributed by atoms with Gasteiger partial charge < -0.3 is 29.6 Å². The summed E-state index contributed by atoms with van der Waals surface area (Å²) in [5, 5.41) is 4.05. The molecule has 0 bridgehead atoms. The Hall–Kier alpha value is -4.46. The molecule has 0 unspecified atom stereocenters. The van der Waals surface area contributed by atoms with E-state index in [1.54, 1.807) is 31.3 Å². The summed E-state index contributed by atoms with van der Waals surface area (Å²) in [6.45, 7) is 3.38. The van der Waals surface area contributed by atoms with Crippen LogP contribution in [0.15, 0.2) is 79.0 Å². The normalized spacial score (nSPS) is 10.7. The van der Waals surface area contributed by atoms with E-state index in [2.05, 4.69) is 16.4 Å². The molecular formula is C31H36N4O4. The number of H-pyrrole nitrogens is 1. The van der Waals surface area contributed by atoms with E-state index in [4.69, 9.17) is 9.47 Å². The van der Waals surface area contributed by atoms with Gasteiger partial charge >= 0.3 is 6.03 Å². The van der Waals surface area contributed by atoms with E-state index in [-0.39, 0.29) is 18.5 Å². The van der Waals surface area contributed by atoms with Crippen LogP contribution in [0.1, 0.15) is 24.5 Å². The lowest BCUT2D eigenvalue weighted by atomic mass is 10.1. The lowest BCUT2D eigenvalue weighted by Gasteiger charge is -2.28. The zero-order chi connectivity index (χ0) is 27.6. The number of amides is 3. The average Bonchev–Trinajstić information content (AvgIpc) is 3.38. The topological polar surface area (TPSA) is 86.9 Å². The van der Waals surface area contributed by atoms with Gasteiger partial charge in [0.1, 0.15) is 18.0 Å². The number of aromatic nitrogens is 1. The summed E-state index contributed by atoms with van der Waals surface area (Å²) in [6.07, 6.45) is 3.42. The number of ether oxygens (including phenoxy) is 2. The molecular weight excluding hydrogens is 492 g/mol. The molecule has 3 amide bonds. The molecule has 0 aliphatic carbocycles. The minimum atomic E-state index is -0.320. The number of benzene rings is 3. The van der Waals surface area contributed by atoms with Crippen molar-refractivity contribution < 1.29 is 19.1 Å². The lowest BCUT2D eigenvalue weighted by molar-refractivity contribution is -0.132. The first-order valence-corrected chi connectivity index (χ1v) is 13.2. The van der Waals surface area contributed by atoms with Gasteiger partial charge in [0, 0.05) is 48.5 Å². The lowest BCUT2D eigenvalue weighted by Crippen LogP contribution is -2.45. The van der Waals surface area contributed by atoms with Crippen molar-refractivity contribution in [3.05, 3.63) is 90.1 Å². The van der Waals surface area contributed by atoms with Gasteiger partial charge in [0.05, 0.1) is 14.2 Å². The van der Waals surface area contributed by atoms with Crippen molar-refractivity contribution >= 4 is 28.5 Å². The summed E-state index contributed by atoms with van der Waals surface area (Å²) in [6, 6.07) is 22.7. The van der Waals surface area contributed by atoms with Gasteiger partial charge in [-0.25, -0.2) is 4.79 Å². The first-order valence-electron chi connectivity index (χ1n) is 13.2. The second kappa shape index (κ2) is 13.4. The van der Waals surface area contributed by atoms with E-state index in [9.17, 15) is 9.59 Å². The Morgan fingerprint density at radius 2 is 1.64 bits per heavy atom. The van der Waals surface area contributed by atoms with Gasteiger partial charge in [-0.2, -0.15) is 0 Å². The highest BCUT2D eigenvalue weighted by Gasteiger charge is 2.22. The van der Waals surface area contributed by atoms with Crippen molar-refractivity contribution in [2.75, 3.05) is 39.2 Å². The molecule has 8 heteroatoms. The SMILES string of the molecule is CCCN(CC(=O)N(CCc1c[nH]c2ccccc12)Cc1ccc(OC)cc1)C(=O)Nc1cccc(OC)c1.